The summed E-state index contributed by atoms with van der Waals surface area (Å²) in [5.74, 6) is 4.70. The van der Waals surface area contributed by atoms with Crippen molar-refractivity contribution in [3.8, 4) is 36.2 Å². The highest BCUT2D eigenvalue weighted by molar-refractivity contribution is 6.30. The van der Waals surface area contributed by atoms with Gasteiger partial charge in [-0.2, -0.15) is 0 Å². The lowest BCUT2D eigenvalue weighted by Crippen LogP contribution is -2.32. The summed E-state index contributed by atoms with van der Waals surface area (Å²) in [6, 6.07) is 9.44. The molecule has 1 amide bonds. The van der Waals surface area contributed by atoms with Crippen molar-refractivity contribution in [2.45, 2.75) is 12.5 Å². The van der Waals surface area contributed by atoms with Gasteiger partial charge in [-0.3, -0.25) is 4.79 Å². The van der Waals surface area contributed by atoms with Crippen molar-refractivity contribution in [3.63, 3.8) is 0 Å². The molecule has 0 aromatic heterocycles. The van der Waals surface area contributed by atoms with E-state index in [1.165, 1.54) is 19.2 Å². The zero-order valence-electron chi connectivity index (χ0n) is 16.4. The third kappa shape index (κ3) is 6.42. The molecular formula is C23H21ClFNO4. The molecule has 0 heterocycles. The van der Waals surface area contributed by atoms with Crippen LogP contribution in [0, 0.1) is 30.5 Å². The molecule has 0 fully saturated rings. The SMILES string of the molecule is C#CCOc1ccc(CCNC(=O)[C@@H](OCC#C)c2ccc(Cl)c(F)c2)cc1OC. The van der Waals surface area contributed by atoms with Crippen LogP contribution in [0.4, 0.5) is 4.39 Å². The summed E-state index contributed by atoms with van der Waals surface area (Å²) in [5.41, 5.74) is 1.24. The average molecular weight is 430 g/mol. The Morgan fingerprint density at radius 3 is 2.60 bits per heavy atom. The summed E-state index contributed by atoms with van der Waals surface area (Å²) in [6.45, 7) is 0.354. The fraction of sp³-hybridized carbons (Fsp3) is 0.261. The standard InChI is InChI=1S/C23H21ClFNO4/c1-4-12-29-20-9-6-16(14-21(20)28-3)10-11-26-23(27)22(30-13-5-2)17-7-8-18(24)19(25)15-17/h1-2,6-9,14-15,22H,10-13H2,3H3,(H,26,27)/t22-/m0/s1. The molecule has 2 rings (SSSR count). The first-order valence-corrected chi connectivity index (χ1v) is 9.38. The summed E-state index contributed by atoms with van der Waals surface area (Å²) in [4.78, 5) is 12.6. The Morgan fingerprint density at radius 2 is 1.93 bits per heavy atom. The van der Waals surface area contributed by atoms with Crippen LogP contribution in [-0.2, 0) is 16.0 Å². The molecule has 1 N–H and O–H groups in total. The van der Waals surface area contributed by atoms with Gasteiger partial charge < -0.3 is 19.5 Å². The van der Waals surface area contributed by atoms with Crippen molar-refractivity contribution in [1.82, 2.24) is 5.32 Å². The second-order valence-corrected chi connectivity index (χ2v) is 6.49. The van der Waals surface area contributed by atoms with E-state index in [1.807, 2.05) is 6.07 Å². The van der Waals surface area contributed by atoms with E-state index in [-0.39, 0.29) is 18.2 Å². The Bertz CT molecular complexity index is 965. The molecule has 0 aliphatic carbocycles. The van der Waals surface area contributed by atoms with Crippen molar-refractivity contribution in [1.29, 1.82) is 0 Å². The predicted octanol–water partition coefficient (Wildman–Crippen LogP) is 3.55. The molecule has 0 aliphatic heterocycles. The number of benzene rings is 2. The highest BCUT2D eigenvalue weighted by Crippen LogP contribution is 2.28. The highest BCUT2D eigenvalue weighted by atomic mass is 35.5. The van der Waals surface area contributed by atoms with Gasteiger partial charge in [0.1, 0.15) is 19.0 Å². The van der Waals surface area contributed by atoms with Crippen molar-refractivity contribution in [2.75, 3.05) is 26.9 Å². The van der Waals surface area contributed by atoms with Gasteiger partial charge in [0, 0.05) is 6.54 Å². The summed E-state index contributed by atoms with van der Waals surface area (Å²) < 4.78 is 29.9. The minimum absolute atomic E-state index is 0.0431. The van der Waals surface area contributed by atoms with E-state index in [9.17, 15) is 9.18 Å². The van der Waals surface area contributed by atoms with E-state index in [0.29, 0.717) is 30.0 Å². The van der Waals surface area contributed by atoms with Crippen molar-refractivity contribution >= 4 is 17.5 Å². The molecule has 1 atom stereocenters. The number of hydrogen-bond donors (Lipinski definition) is 1. The van der Waals surface area contributed by atoms with E-state index < -0.39 is 17.8 Å². The van der Waals surface area contributed by atoms with Gasteiger partial charge in [0.2, 0.25) is 0 Å². The molecule has 0 spiro atoms. The van der Waals surface area contributed by atoms with Gasteiger partial charge in [0.15, 0.2) is 17.6 Å². The molecular weight excluding hydrogens is 409 g/mol. The highest BCUT2D eigenvalue weighted by Gasteiger charge is 2.22. The second-order valence-electron chi connectivity index (χ2n) is 6.09. The fourth-order valence-electron chi connectivity index (χ4n) is 2.66. The van der Waals surface area contributed by atoms with Crippen LogP contribution in [0.25, 0.3) is 0 Å². The number of methoxy groups -OCH3 is 1. The molecule has 0 bridgehead atoms. The molecule has 156 valence electrons. The average Bonchev–Trinajstić information content (AvgIpc) is 2.75. The van der Waals surface area contributed by atoms with Crippen molar-refractivity contribution in [3.05, 3.63) is 58.4 Å². The topological polar surface area (TPSA) is 56.8 Å². The normalized spacial score (nSPS) is 11.1. The monoisotopic (exact) mass is 429 g/mol. The summed E-state index contributed by atoms with van der Waals surface area (Å²) >= 11 is 5.71. The zero-order chi connectivity index (χ0) is 21.9. The van der Waals surface area contributed by atoms with Crippen molar-refractivity contribution in [2.24, 2.45) is 0 Å². The van der Waals surface area contributed by atoms with Gasteiger partial charge in [-0.25, -0.2) is 4.39 Å². The fourth-order valence-corrected chi connectivity index (χ4v) is 2.78. The second kappa shape index (κ2) is 11.7. The molecule has 0 saturated carbocycles. The third-order valence-electron chi connectivity index (χ3n) is 4.07. The van der Waals surface area contributed by atoms with Gasteiger partial charge in [-0.05, 0) is 41.8 Å². The Kier molecular flexibility index (Phi) is 9.03. The largest absolute Gasteiger partial charge is 0.493 e. The van der Waals surface area contributed by atoms with Crippen LogP contribution in [0.1, 0.15) is 17.2 Å². The van der Waals surface area contributed by atoms with Crippen LogP contribution in [0.15, 0.2) is 36.4 Å². The van der Waals surface area contributed by atoms with Crippen LogP contribution < -0.4 is 14.8 Å². The summed E-state index contributed by atoms with van der Waals surface area (Å²) in [5, 5.41) is 2.73. The minimum Gasteiger partial charge on any atom is -0.493 e. The zero-order valence-corrected chi connectivity index (χ0v) is 17.2. The number of amides is 1. The number of ether oxygens (including phenoxy) is 3. The lowest BCUT2D eigenvalue weighted by molar-refractivity contribution is -0.132. The number of rotatable bonds is 10. The maximum absolute atomic E-state index is 13.8. The van der Waals surface area contributed by atoms with Crippen molar-refractivity contribution < 1.29 is 23.4 Å². The number of halogens is 2. The van der Waals surface area contributed by atoms with Gasteiger partial charge in [0.05, 0.1) is 12.1 Å². The first-order valence-electron chi connectivity index (χ1n) is 9.01. The Hall–Kier alpha value is -3.19. The van der Waals surface area contributed by atoms with Crippen LogP contribution >= 0.6 is 11.6 Å². The molecule has 0 radical (unpaired) electrons. The number of carbonyl (C=O) groups is 1. The number of terminal acetylenes is 2. The Morgan fingerprint density at radius 1 is 1.17 bits per heavy atom. The molecule has 0 unspecified atom stereocenters. The third-order valence-corrected chi connectivity index (χ3v) is 4.38. The minimum atomic E-state index is -1.05. The number of carbonyl (C=O) groups excluding carboxylic acids is 1. The van der Waals surface area contributed by atoms with Crippen LogP contribution in [-0.4, -0.2) is 32.8 Å². The first-order chi connectivity index (χ1) is 14.5. The van der Waals surface area contributed by atoms with Crippen LogP contribution in [0.3, 0.4) is 0 Å². The summed E-state index contributed by atoms with van der Waals surface area (Å²) in [6.07, 6.45) is 9.89. The quantitative estimate of drug-likeness (QED) is 0.587. The van der Waals surface area contributed by atoms with E-state index in [2.05, 4.69) is 17.2 Å². The van der Waals surface area contributed by atoms with E-state index in [1.54, 1.807) is 12.1 Å². The van der Waals surface area contributed by atoms with Gasteiger partial charge in [-0.1, -0.05) is 35.6 Å². The molecule has 2 aromatic carbocycles. The molecule has 0 saturated heterocycles. The Balaban J connectivity index is 2.02. The van der Waals surface area contributed by atoms with Gasteiger partial charge in [0.25, 0.3) is 5.91 Å². The lowest BCUT2D eigenvalue weighted by Gasteiger charge is -2.17. The smallest absolute Gasteiger partial charge is 0.253 e. The summed E-state index contributed by atoms with van der Waals surface area (Å²) in [7, 11) is 1.53. The molecule has 5 nitrogen and oxygen atoms in total. The molecule has 30 heavy (non-hydrogen) atoms. The predicted molar refractivity (Wildman–Crippen MR) is 113 cm³/mol. The maximum atomic E-state index is 13.8. The van der Waals surface area contributed by atoms with Crippen LogP contribution in [0.2, 0.25) is 5.02 Å². The van der Waals surface area contributed by atoms with Gasteiger partial charge in [-0.15, -0.1) is 12.8 Å². The lowest BCUT2D eigenvalue weighted by atomic mass is 10.1. The number of hydrogen-bond acceptors (Lipinski definition) is 4. The first kappa shape index (κ1) is 23.1. The van der Waals surface area contributed by atoms with E-state index in [4.69, 9.17) is 38.7 Å². The van der Waals surface area contributed by atoms with E-state index >= 15 is 0 Å². The Labute approximate surface area is 180 Å². The van der Waals surface area contributed by atoms with Gasteiger partial charge >= 0.3 is 0 Å². The molecule has 7 heteroatoms. The molecule has 2 aromatic rings. The van der Waals surface area contributed by atoms with Crippen LogP contribution in [0.5, 0.6) is 11.5 Å². The number of nitrogens with one attached hydrogen (secondary N) is 1. The maximum Gasteiger partial charge on any atom is 0.253 e. The molecule has 0 aliphatic rings. The van der Waals surface area contributed by atoms with E-state index in [0.717, 1.165) is 11.6 Å².